The summed E-state index contributed by atoms with van der Waals surface area (Å²) in [5, 5.41) is 4.64. The first-order valence-corrected chi connectivity index (χ1v) is 15.3. The summed E-state index contributed by atoms with van der Waals surface area (Å²) in [5.41, 5.74) is 1.06. The zero-order valence-corrected chi connectivity index (χ0v) is 21.7. The van der Waals surface area contributed by atoms with Crippen LogP contribution in [-0.4, -0.2) is 46.5 Å². The Bertz CT molecular complexity index is 1220. The number of fused-ring (bicyclic) bond motifs is 1. The largest absolute Gasteiger partial charge is 0.416 e. The molecule has 4 rings (SSSR count). The van der Waals surface area contributed by atoms with Crippen molar-refractivity contribution in [2.75, 3.05) is 18.1 Å². The first-order valence-electron chi connectivity index (χ1n) is 11.2. The van der Waals surface area contributed by atoms with Gasteiger partial charge in [-0.3, -0.25) is 14.0 Å². The van der Waals surface area contributed by atoms with Gasteiger partial charge in [0.15, 0.2) is 0 Å². The molecule has 188 valence electrons. The molecule has 0 bridgehead atoms. The van der Waals surface area contributed by atoms with Crippen LogP contribution in [-0.2, 0) is 17.6 Å². The zero-order valence-electron chi connectivity index (χ0n) is 19.9. The number of carbonyl (C=O) groups is 1. The van der Waals surface area contributed by atoms with Crippen LogP contribution in [0.1, 0.15) is 29.0 Å². The number of alkyl halides is 3. The summed E-state index contributed by atoms with van der Waals surface area (Å²) < 4.78 is 48.1. The predicted molar refractivity (Wildman–Crippen MR) is 130 cm³/mol. The van der Waals surface area contributed by atoms with E-state index in [1.165, 1.54) is 17.0 Å². The Balaban J connectivity index is 1.63. The quantitative estimate of drug-likeness (QED) is 0.282. The summed E-state index contributed by atoms with van der Waals surface area (Å²) in [5.74, 6) is -0.362. The van der Waals surface area contributed by atoms with Crippen LogP contribution in [0.5, 0.6) is 0 Å². The lowest BCUT2D eigenvalue weighted by molar-refractivity contribution is -0.137. The number of rotatable bonds is 7. The molecule has 1 atom stereocenters. The van der Waals surface area contributed by atoms with Gasteiger partial charge in [-0.15, -0.1) is 0 Å². The number of nitrogens with zero attached hydrogens (tertiary/aromatic N) is 5. The Labute approximate surface area is 207 Å². The molecule has 0 saturated carbocycles. The molecule has 2 aromatic heterocycles. The average Bonchev–Trinajstić information content (AvgIpc) is 3.37. The Morgan fingerprint density at radius 3 is 2.49 bits per heavy atom. The molecule has 0 aliphatic carbocycles. The predicted octanol–water partition coefficient (Wildman–Crippen LogP) is 5.95. The fraction of sp³-hybridized carbons (Fsp3) is 0.435. The van der Waals surface area contributed by atoms with Gasteiger partial charge in [-0.05, 0) is 48.8 Å². The van der Waals surface area contributed by atoms with E-state index in [1.54, 1.807) is 21.6 Å². The number of halogens is 4. The highest BCUT2D eigenvalue weighted by atomic mass is 35.5. The monoisotopic (exact) mass is 525 g/mol. The molecule has 1 aromatic carbocycles. The van der Waals surface area contributed by atoms with Gasteiger partial charge in [0.1, 0.15) is 12.4 Å². The van der Waals surface area contributed by atoms with Crippen LogP contribution in [0.4, 0.5) is 18.9 Å². The molecule has 0 spiro atoms. The topological polar surface area (TPSA) is 65.2 Å². The molecule has 3 heterocycles. The highest BCUT2D eigenvalue weighted by Crippen LogP contribution is 2.35. The molecule has 0 fully saturated rings. The van der Waals surface area contributed by atoms with E-state index in [9.17, 15) is 18.0 Å². The average molecular weight is 526 g/mol. The molecule has 0 N–H and O–H groups in total. The van der Waals surface area contributed by atoms with Crippen molar-refractivity contribution >= 4 is 31.3 Å². The van der Waals surface area contributed by atoms with Crippen molar-refractivity contribution in [1.29, 1.82) is 0 Å². The minimum Gasteiger partial charge on any atom is -0.361 e. The first kappa shape index (κ1) is 25.5. The number of hydrogen-bond acceptors (Lipinski definition) is 4. The molecule has 1 aliphatic heterocycles. The van der Waals surface area contributed by atoms with Crippen molar-refractivity contribution < 1.29 is 22.7 Å². The van der Waals surface area contributed by atoms with E-state index >= 15 is 0 Å². The molecular formula is C23H27ClF3N5O2Si. The van der Waals surface area contributed by atoms with Crippen molar-refractivity contribution in [3.63, 3.8) is 0 Å². The summed E-state index contributed by atoms with van der Waals surface area (Å²) >= 11 is 6.32. The number of ether oxygens (including phenoxy) is 1. The van der Waals surface area contributed by atoms with Gasteiger partial charge >= 0.3 is 6.18 Å². The lowest BCUT2D eigenvalue weighted by Crippen LogP contribution is -2.42. The molecule has 0 saturated heterocycles. The summed E-state index contributed by atoms with van der Waals surface area (Å²) in [7, 11) is -1.26. The van der Waals surface area contributed by atoms with Gasteiger partial charge in [-0.2, -0.15) is 18.3 Å². The molecule has 12 heteroatoms. The Kier molecular flexibility index (Phi) is 6.86. The van der Waals surface area contributed by atoms with E-state index in [-0.39, 0.29) is 30.5 Å². The van der Waals surface area contributed by atoms with E-state index in [4.69, 9.17) is 16.3 Å². The van der Waals surface area contributed by atoms with E-state index < -0.39 is 19.8 Å². The minimum absolute atomic E-state index is 0.176. The number of carbonyl (C=O) groups excluding carboxylic acids is 1. The fourth-order valence-corrected chi connectivity index (χ4v) is 4.87. The van der Waals surface area contributed by atoms with Crippen LogP contribution in [0.3, 0.4) is 0 Å². The number of hydrogen-bond donors (Lipinski definition) is 0. The highest BCUT2D eigenvalue weighted by molar-refractivity contribution is 6.76. The van der Waals surface area contributed by atoms with Gasteiger partial charge in [0.2, 0.25) is 5.28 Å². The van der Waals surface area contributed by atoms with Gasteiger partial charge in [0.25, 0.3) is 5.91 Å². The lowest BCUT2D eigenvalue weighted by atomic mass is 10.1. The molecular weight excluding hydrogens is 499 g/mol. The molecule has 1 amide bonds. The van der Waals surface area contributed by atoms with Crippen LogP contribution >= 0.6 is 11.6 Å². The smallest absolute Gasteiger partial charge is 0.361 e. The SMILES string of the molecule is C[C@H]1CN(c2ccc(C(F)(F)F)cc2)C(=O)c2c(-c3cnc(Cl)n3COCC[Si](C)(C)C)cnn21. The summed E-state index contributed by atoms with van der Waals surface area (Å²) in [6, 6.07) is 5.38. The van der Waals surface area contributed by atoms with Gasteiger partial charge in [0, 0.05) is 26.9 Å². The van der Waals surface area contributed by atoms with Crippen molar-refractivity contribution in [1.82, 2.24) is 19.3 Å². The second kappa shape index (κ2) is 9.44. The standard InChI is InChI=1S/C23H27ClF3N5O2Si/c1-15-13-30(17-7-5-16(6-8-17)23(25,26)27)21(33)20-18(11-29-32(15)20)19-12-28-22(24)31(19)14-34-9-10-35(2,3)4/h5-8,11-12,15H,9-10,13-14H2,1-4H3/t15-/m0/s1. The number of anilines is 1. The lowest BCUT2D eigenvalue weighted by Gasteiger charge is -2.32. The summed E-state index contributed by atoms with van der Waals surface area (Å²) in [6.07, 6.45) is -1.29. The third kappa shape index (κ3) is 5.31. The highest BCUT2D eigenvalue weighted by Gasteiger charge is 2.36. The van der Waals surface area contributed by atoms with Crippen LogP contribution in [0.2, 0.25) is 31.0 Å². The Morgan fingerprint density at radius 1 is 1.17 bits per heavy atom. The first-order chi connectivity index (χ1) is 16.4. The van der Waals surface area contributed by atoms with Crippen LogP contribution < -0.4 is 4.90 Å². The number of imidazole rings is 1. The molecule has 1 aliphatic rings. The second-order valence-electron chi connectivity index (χ2n) is 9.85. The van der Waals surface area contributed by atoms with Crippen molar-refractivity contribution in [2.24, 2.45) is 0 Å². The van der Waals surface area contributed by atoms with E-state index in [1.807, 2.05) is 6.92 Å². The maximum atomic E-state index is 13.5. The number of amides is 1. The van der Waals surface area contributed by atoms with Crippen molar-refractivity contribution in [2.45, 2.75) is 51.6 Å². The maximum absolute atomic E-state index is 13.5. The maximum Gasteiger partial charge on any atom is 0.416 e. The van der Waals surface area contributed by atoms with Gasteiger partial charge in [-0.1, -0.05) is 19.6 Å². The van der Waals surface area contributed by atoms with E-state index in [0.29, 0.717) is 29.2 Å². The second-order valence-corrected chi connectivity index (χ2v) is 15.8. The summed E-state index contributed by atoms with van der Waals surface area (Å²) in [4.78, 5) is 19.2. The van der Waals surface area contributed by atoms with Crippen molar-refractivity contribution in [3.8, 4) is 11.3 Å². The Hall–Kier alpha value is -2.63. The molecule has 0 radical (unpaired) electrons. The van der Waals surface area contributed by atoms with Gasteiger partial charge < -0.3 is 9.64 Å². The van der Waals surface area contributed by atoms with Crippen LogP contribution in [0.25, 0.3) is 11.3 Å². The molecule has 3 aromatic rings. The summed E-state index contributed by atoms with van der Waals surface area (Å²) in [6.45, 7) is 9.73. The number of benzene rings is 1. The molecule has 35 heavy (non-hydrogen) atoms. The van der Waals surface area contributed by atoms with Gasteiger partial charge in [0.05, 0.1) is 35.3 Å². The van der Waals surface area contributed by atoms with E-state index in [0.717, 1.165) is 18.2 Å². The van der Waals surface area contributed by atoms with Crippen molar-refractivity contribution in [3.05, 3.63) is 53.2 Å². The zero-order chi connectivity index (χ0) is 25.5. The van der Waals surface area contributed by atoms with Crippen LogP contribution in [0.15, 0.2) is 36.7 Å². The fourth-order valence-electron chi connectivity index (χ4n) is 3.93. The Morgan fingerprint density at radius 2 is 1.86 bits per heavy atom. The normalized spacial score (nSPS) is 16.6. The van der Waals surface area contributed by atoms with Crippen LogP contribution in [0, 0.1) is 0 Å². The molecule has 7 nitrogen and oxygen atoms in total. The molecule has 0 unspecified atom stereocenters. The van der Waals surface area contributed by atoms with E-state index in [2.05, 4.69) is 29.7 Å². The number of aromatic nitrogens is 4. The third-order valence-electron chi connectivity index (χ3n) is 5.91. The minimum atomic E-state index is -4.45. The third-order valence-corrected chi connectivity index (χ3v) is 7.92. The van der Waals surface area contributed by atoms with Gasteiger partial charge in [-0.25, -0.2) is 4.98 Å².